The van der Waals surface area contributed by atoms with E-state index >= 15 is 0 Å². The molecule has 1 saturated heterocycles. The van der Waals surface area contributed by atoms with E-state index in [9.17, 15) is 14.0 Å². The largest absolute Gasteiger partial charge is 0.463 e. The van der Waals surface area contributed by atoms with Crippen molar-refractivity contribution in [3.05, 3.63) is 46.9 Å². The van der Waals surface area contributed by atoms with Gasteiger partial charge in [0, 0.05) is 38.4 Å². The number of rotatable bonds is 5. The second-order valence-electron chi connectivity index (χ2n) is 6.78. The van der Waals surface area contributed by atoms with Crippen LogP contribution in [0.4, 0.5) is 9.18 Å². The monoisotopic (exact) mass is 376 g/mol. The van der Waals surface area contributed by atoms with E-state index in [4.69, 9.17) is 4.74 Å². The quantitative estimate of drug-likeness (QED) is 0.757. The standard InChI is InChI=1S/C19H25FN4O3/c1-3-27-18(25)16-15(12-24-9-7-23(2)8-10-24)21-19(26)22-17(16)13-5-4-6-14(20)11-13/h4-6,11,17H,3,7-10,12H2,1-2H3,(H2,21,22,26)/t17-/m0/s1. The second-order valence-corrected chi connectivity index (χ2v) is 6.78. The number of hydrogen-bond donors (Lipinski definition) is 2. The molecule has 2 amide bonds. The van der Waals surface area contributed by atoms with Crippen molar-refractivity contribution in [3.63, 3.8) is 0 Å². The third kappa shape index (κ3) is 4.64. The molecule has 0 saturated carbocycles. The van der Waals surface area contributed by atoms with Crippen molar-refractivity contribution >= 4 is 12.0 Å². The zero-order valence-corrected chi connectivity index (χ0v) is 15.6. The lowest BCUT2D eigenvalue weighted by Gasteiger charge is -2.35. The Balaban J connectivity index is 1.95. The van der Waals surface area contributed by atoms with Crippen LogP contribution in [0, 0.1) is 5.82 Å². The zero-order valence-electron chi connectivity index (χ0n) is 15.6. The molecule has 1 atom stereocenters. The average molecular weight is 376 g/mol. The van der Waals surface area contributed by atoms with Gasteiger partial charge in [0.15, 0.2) is 0 Å². The first-order valence-electron chi connectivity index (χ1n) is 9.12. The van der Waals surface area contributed by atoms with E-state index in [-0.39, 0.29) is 6.61 Å². The number of urea groups is 1. The predicted octanol–water partition coefficient (Wildman–Crippen LogP) is 1.24. The third-order valence-corrected chi connectivity index (χ3v) is 4.81. The van der Waals surface area contributed by atoms with Crippen LogP contribution in [0.3, 0.4) is 0 Å². The number of benzene rings is 1. The minimum Gasteiger partial charge on any atom is -0.463 e. The number of nitrogens with one attached hydrogen (secondary N) is 2. The van der Waals surface area contributed by atoms with Crippen molar-refractivity contribution in [2.45, 2.75) is 13.0 Å². The average Bonchev–Trinajstić information content (AvgIpc) is 2.63. The summed E-state index contributed by atoms with van der Waals surface area (Å²) in [6.07, 6.45) is 0. The molecule has 1 fully saturated rings. The molecule has 0 aromatic heterocycles. The summed E-state index contributed by atoms with van der Waals surface area (Å²) in [7, 11) is 2.06. The number of halogens is 1. The Hall–Kier alpha value is -2.45. The molecular formula is C19H25FN4O3. The molecule has 0 spiro atoms. The maximum Gasteiger partial charge on any atom is 0.338 e. The van der Waals surface area contributed by atoms with Gasteiger partial charge in [0.05, 0.1) is 18.2 Å². The number of amides is 2. The maximum absolute atomic E-state index is 13.7. The van der Waals surface area contributed by atoms with Gasteiger partial charge in [0.2, 0.25) is 0 Å². The van der Waals surface area contributed by atoms with Gasteiger partial charge < -0.3 is 20.3 Å². The molecule has 8 heteroatoms. The Bertz CT molecular complexity index is 744. The first-order chi connectivity index (χ1) is 13.0. The van der Waals surface area contributed by atoms with E-state index in [0.29, 0.717) is 23.4 Å². The molecule has 2 aliphatic heterocycles. The van der Waals surface area contributed by atoms with Gasteiger partial charge in [-0.15, -0.1) is 0 Å². The summed E-state index contributed by atoms with van der Waals surface area (Å²) in [4.78, 5) is 29.3. The molecular weight excluding hydrogens is 351 g/mol. The van der Waals surface area contributed by atoms with Gasteiger partial charge in [-0.1, -0.05) is 12.1 Å². The number of ether oxygens (including phenoxy) is 1. The highest BCUT2D eigenvalue weighted by Crippen LogP contribution is 2.28. The predicted molar refractivity (Wildman–Crippen MR) is 98.4 cm³/mol. The molecule has 0 aliphatic carbocycles. The highest BCUT2D eigenvalue weighted by molar-refractivity contribution is 5.95. The highest BCUT2D eigenvalue weighted by Gasteiger charge is 2.34. The second kappa shape index (κ2) is 8.49. The minimum atomic E-state index is -0.754. The van der Waals surface area contributed by atoms with Gasteiger partial charge >= 0.3 is 12.0 Å². The first-order valence-corrected chi connectivity index (χ1v) is 9.12. The van der Waals surface area contributed by atoms with Gasteiger partial charge in [-0.3, -0.25) is 4.90 Å². The van der Waals surface area contributed by atoms with Crippen molar-refractivity contribution in [1.82, 2.24) is 20.4 Å². The van der Waals surface area contributed by atoms with Crippen LogP contribution in [0.5, 0.6) is 0 Å². The van der Waals surface area contributed by atoms with Crippen LogP contribution in [0.2, 0.25) is 0 Å². The molecule has 2 heterocycles. The topological polar surface area (TPSA) is 73.9 Å². The Labute approximate surface area is 158 Å². The van der Waals surface area contributed by atoms with Crippen LogP contribution in [0.1, 0.15) is 18.5 Å². The highest BCUT2D eigenvalue weighted by atomic mass is 19.1. The summed E-state index contributed by atoms with van der Waals surface area (Å²) >= 11 is 0. The van der Waals surface area contributed by atoms with Gasteiger partial charge in [-0.25, -0.2) is 14.0 Å². The first kappa shape index (κ1) is 19.3. The van der Waals surface area contributed by atoms with Crippen LogP contribution in [-0.4, -0.2) is 68.2 Å². The van der Waals surface area contributed by atoms with Crippen molar-refractivity contribution in [2.24, 2.45) is 0 Å². The molecule has 2 aliphatic rings. The lowest BCUT2D eigenvalue weighted by atomic mass is 9.95. The molecule has 1 aromatic rings. The maximum atomic E-state index is 13.7. The molecule has 3 rings (SSSR count). The fraction of sp³-hybridized carbons (Fsp3) is 0.474. The molecule has 1 aromatic carbocycles. The van der Waals surface area contributed by atoms with Gasteiger partial charge in [0.1, 0.15) is 5.82 Å². The Kier molecular flexibility index (Phi) is 6.08. The van der Waals surface area contributed by atoms with Gasteiger partial charge in [0.25, 0.3) is 0 Å². The van der Waals surface area contributed by atoms with Crippen LogP contribution < -0.4 is 10.6 Å². The number of carbonyl (C=O) groups excluding carboxylic acids is 2. The summed E-state index contributed by atoms with van der Waals surface area (Å²) in [6, 6.07) is 4.72. The van der Waals surface area contributed by atoms with Crippen LogP contribution in [-0.2, 0) is 9.53 Å². The summed E-state index contributed by atoms with van der Waals surface area (Å²) in [6.45, 7) is 5.89. The van der Waals surface area contributed by atoms with Crippen molar-refractivity contribution in [3.8, 4) is 0 Å². The summed E-state index contributed by atoms with van der Waals surface area (Å²) in [5.41, 5.74) is 1.33. The van der Waals surface area contributed by atoms with E-state index < -0.39 is 23.9 Å². The molecule has 7 nitrogen and oxygen atoms in total. The van der Waals surface area contributed by atoms with Crippen LogP contribution in [0.25, 0.3) is 0 Å². The van der Waals surface area contributed by atoms with E-state index in [1.54, 1.807) is 19.1 Å². The third-order valence-electron chi connectivity index (χ3n) is 4.81. The number of carbonyl (C=O) groups is 2. The van der Waals surface area contributed by atoms with E-state index in [2.05, 4.69) is 27.5 Å². The number of esters is 1. The summed E-state index contributed by atoms with van der Waals surface area (Å²) in [5, 5.41) is 5.48. The number of piperazine rings is 1. The SMILES string of the molecule is CCOC(=O)C1=C(CN2CCN(C)CC2)NC(=O)N[C@H]1c1cccc(F)c1. The van der Waals surface area contributed by atoms with Crippen LogP contribution in [0.15, 0.2) is 35.5 Å². The molecule has 27 heavy (non-hydrogen) atoms. The number of likely N-dealkylation sites (N-methyl/N-ethyl adjacent to an activating group) is 1. The normalized spacial score (nSPS) is 21.6. The molecule has 2 N–H and O–H groups in total. The lowest BCUT2D eigenvalue weighted by Crippen LogP contribution is -2.51. The van der Waals surface area contributed by atoms with Gasteiger partial charge in [-0.2, -0.15) is 0 Å². The fourth-order valence-electron chi connectivity index (χ4n) is 3.36. The Morgan fingerprint density at radius 2 is 2.04 bits per heavy atom. The van der Waals surface area contributed by atoms with Crippen molar-refractivity contribution < 1.29 is 18.7 Å². The number of nitrogens with zero attached hydrogens (tertiary/aromatic N) is 2. The fourth-order valence-corrected chi connectivity index (χ4v) is 3.36. The summed E-state index contributed by atoms with van der Waals surface area (Å²) in [5.74, 6) is -0.938. The van der Waals surface area contributed by atoms with Crippen LogP contribution >= 0.6 is 0 Å². The zero-order chi connectivity index (χ0) is 19.4. The molecule has 0 radical (unpaired) electrons. The Morgan fingerprint density at radius 3 is 2.70 bits per heavy atom. The summed E-state index contributed by atoms with van der Waals surface area (Å²) < 4.78 is 19.0. The Morgan fingerprint density at radius 1 is 1.30 bits per heavy atom. The van der Waals surface area contributed by atoms with E-state index in [1.165, 1.54) is 12.1 Å². The molecule has 0 unspecified atom stereocenters. The molecule has 146 valence electrons. The van der Waals surface area contributed by atoms with E-state index in [1.807, 2.05) is 0 Å². The van der Waals surface area contributed by atoms with Crippen molar-refractivity contribution in [1.29, 1.82) is 0 Å². The van der Waals surface area contributed by atoms with E-state index in [0.717, 1.165) is 26.2 Å². The molecule has 0 bridgehead atoms. The lowest BCUT2D eigenvalue weighted by molar-refractivity contribution is -0.139. The smallest absolute Gasteiger partial charge is 0.338 e. The minimum absolute atomic E-state index is 0.216. The number of hydrogen-bond acceptors (Lipinski definition) is 5. The van der Waals surface area contributed by atoms with Crippen molar-refractivity contribution in [2.75, 3.05) is 46.4 Å². The van der Waals surface area contributed by atoms with Gasteiger partial charge in [-0.05, 0) is 31.7 Å².